The zero-order valence-electron chi connectivity index (χ0n) is 26.1. The average Bonchev–Trinajstić information content (AvgIpc) is 3.52. The maximum absolute atomic E-state index is 14.2. The van der Waals surface area contributed by atoms with Gasteiger partial charge in [-0.1, -0.05) is 38.9 Å². The van der Waals surface area contributed by atoms with Crippen molar-refractivity contribution < 1.29 is 29.3 Å². The van der Waals surface area contributed by atoms with E-state index < -0.39 is 29.5 Å². The normalized spacial score (nSPS) is 25.5. The third kappa shape index (κ3) is 6.97. The van der Waals surface area contributed by atoms with Crippen molar-refractivity contribution in [1.29, 1.82) is 0 Å². The molecule has 0 bridgehead atoms. The highest BCUT2D eigenvalue weighted by atomic mass is 32.2. The van der Waals surface area contributed by atoms with Crippen LogP contribution in [0.2, 0.25) is 0 Å². The summed E-state index contributed by atoms with van der Waals surface area (Å²) in [6.45, 7) is 11.5. The van der Waals surface area contributed by atoms with Gasteiger partial charge in [-0.25, -0.2) is 4.79 Å². The molecule has 0 radical (unpaired) electrons. The molecular weight excluding hydrogens is 570 g/mol. The molecule has 3 fully saturated rings. The smallest absolute Gasteiger partial charge is 0.329 e. The summed E-state index contributed by atoms with van der Waals surface area (Å²) in [5, 5.41) is 25.3. The minimum Gasteiger partial charge on any atom is -0.504 e. The molecule has 2 amide bonds. The highest BCUT2D eigenvalue weighted by Crippen LogP contribution is 2.57. The van der Waals surface area contributed by atoms with E-state index in [1.54, 1.807) is 16.7 Å². The van der Waals surface area contributed by atoms with Gasteiger partial charge in [0.15, 0.2) is 17.5 Å². The lowest BCUT2D eigenvalue weighted by Crippen LogP contribution is -2.64. The largest absolute Gasteiger partial charge is 0.504 e. The van der Waals surface area contributed by atoms with Crippen LogP contribution in [0.5, 0.6) is 11.5 Å². The SMILES string of the molecule is CC(CC1CCC(C)(C)C1(C)C)OC(=O)C1CCCN1C(=O)C1(NC(=O)C(Cc2ccc(O)c(O)c2)N=O)CCSCC1. The number of phenols is 2. The van der Waals surface area contributed by atoms with Crippen LogP contribution in [0.25, 0.3) is 0 Å². The van der Waals surface area contributed by atoms with E-state index in [9.17, 15) is 29.5 Å². The molecule has 4 atom stereocenters. The Hall–Kier alpha value is -2.82. The molecule has 3 aliphatic rings. The lowest BCUT2D eigenvalue weighted by molar-refractivity contribution is -0.160. The second-order valence-corrected chi connectivity index (χ2v) is 15.0. The van der Waals surface area contributed by atoms with Gasteiger partial charge >= 0.3 is 5.97 Å². The van der Waals surface area contributed by atoms with Crippen LogP contribution in [0.4, 0.5) is 0 Å². The minimum absolute atomic E-state index is 0.103. The van der Waals surface area contributed by atoms with Crippen LogP contribution in [-0.2, 0) is 25.5 Å². The number of phenolic OH excluding ortho intramolecular Hbond substituents is 2. The molecule has 3 N–H and O–H groups in total. The zero-order chi connectivity index (χ0) is 31.6. The molecule has 0 spiro atoms. The zero-order valence-corrected chi connectivity index (χ0v) is 26.9. The van der Waals surface area contributed by atoms with Crippen molar-refractivity contribution in [3.8, 4) is 11.5 Å². The van der Waals surface area contributed by atoms with Crippen molar-refractivity contribution in [1.82, 2.24) is 10.2 Å². The number of thioether (sulfide) groups is 1. The van der Waals surface area contributed by atoms with Crippen molar-refractivity contribution in [3.05, 3.63) is 28.7 Å². The summed E-state index contributed by atoms with van der Waals surface area (Å²) in [4.78, 5) is 54.3. The number of ether oxygens (including phenoxy) is 1. The van der Waals surface area contributed by atoms with Gasteiger partial charge in [0.25, 0.3) is 0 Å². The van der Waals surface area contributed by atoms with Gasteiger partial charge in [-0.15, -0.1) is 4.91 Å². The number of carbonyl (C=O) groups excluding carboxylic acids is 3. The molecule has 4 unspecified atom stereocenters. The van der Waals surface area contributed by atoms with Crippen LogP contribution in [0.15, 0.2) is 23.4 Å². The van der Waals surface area contributed by atoms with E-state index in [1.807, 2.05) is 6.92 Å². The topological polar surface area (TPSA) is 146 Å². The lowest BCUT2D eigenvalue weighted by atomic mass is 9.66. The van der Waals surface area contributed by atoms with E-state index in [1.165, 1.54) is 18.2 Å². The molecule has 2 saturated heterocycles. The summed E-state index contributed by atoms with van der Waals surface area (Å²) < 4.78 is 5.96. The fourth-order valence-corrected chi connectivity index (χ4v) is 8.16. The Bertz CT molecular complexity index is 1210. The molecule has 10 nitrogen and oxygen atoms in total. The van der Waals surface area contributed by atoms with Gasteiger partial charge in [-0.2, -0.15) is 11.8 Å². The highest BCUT2D eigenvalue weighted by Gasteiger charge is 2.50. The van der Waals surface area contributed by atoms with E-state index in [-0.39, 0.29) is 40.8 Å². The third-order valence-electron chi connectivity index (χ3n) is 10.6. The molecular formula is C32H47N3O7S. The lowest BCUT2D eigenvalue weighted by Gasteiger charge is -2.41. The minimum atomic E-state index is -1.34. The van der Waals surface area contributed by atoms with Gasteiger partial charge in [0, 0.05) is 13.0 Å². The van der Waals surface area contributed by atoms with Gasteiger partial charge in [-0.3, -0.25) is 9.59 Å². The summed E-state index contributed by atoms with van der Waals surface area (Å²) >= 11 is 1.68. The molecule has 238 valence electrons. The summed E-state index contributed by atoms with van der Waals surface area (Å²) in [7, 11) is 0. The first-order valence-electron chi connectivity index (χ1n) is 15.5. The Morgan fingerprint density at radius 3 is 2.40 bits per heavy atom. The van der Waals surface area contributed by atoms with Crippen LogP contribution in [0.3, 0.4) is 0 Å². The molecule has 1 aliphatic carbocycles. The van der Waals surface area contributed by atoms with Crippen LogP contribution < -0.4 is 5.32 Å². The Balaban J connectivity index is 1.44. The number of carbonyl (C=O) groups is 3. The van der Waals surface area contributed by atoms with Gasteiger partial charge in [0.1, 0.15) is 11.6 Å². The van der Waals surface area contributed by atoms with Crippen molar-refractivity contribution in [2.75, 3.05) is 18.1 Å². The molecule has 2 heterocycles. The van der Waals surface area contributed by atoms with Crippen molar-refractivity contribution in [2.24, 2.45) is 21.9 Å². The number of nitrogens with one attached hydrogen (secondary N) is 1. The maximum atomic E-state index is 14.2. The molecule has 1 aromatic carbocycles. The molecule has 0 aromatic heterocycles. The fraction of sp³-hybridized carbons (Fsp3) is 0.719. The number of nitroso groups, excluding NO2 is 1. The summed E-state index contributed by atoms with van der Waals surface area (Å²) in [5.74, 6) is -0.358. The molecule has 2 aliphatic heterocycles. The Morgan fingerprint density at radius 2 is 1.79 bits per heavy atom. The van der Waals surface area contributed by atoms with Gasteiger partial charge < -0.3 is 25.2 Å². The Morgan fingerprint density at radius 1 is 1.09 bits per heavy atom. The average molecular weight is 618 g/mol. The predicted octanol–water partition coefficient (Wildman–Crippen LogP) is 4.93. The van der Waals surface area contributed by atoms with Gasteiger partial charge in [-0.05, 0) is 97.8 Å². The number of nitrogens with zero attached hydrogens (tertiary/aromatic N) is 2. The van der Waals surface area contributed by atoms with Gasteiger partial charge in [0.2, 0.25) is 11.8 Å². The quantitative estimate of drug-likeness (QED) is 0.190. The Labute approximate surface area is 258 Å². The first kappa shape index (κ1) is 33.1. The number of benzene rings is 1. The number of hydrogen-bond acceptors (Lipinski definition) is 9. The number of hydrogen-bond donors (Lipinski definition) is 3. The first-order valence-corrected chi connectivity index (χ1v) is 16.6. The van der Waals surface area contributed by atoms with Crippen molar-refractivity contribution in [2.45, 2.75) is 110 Å². The maximum Gasteiger partial charge on any atom is 0.329 e. The van der Waals surface area contributed by atoms with Crippen LogP contribution in [0.1, 0.15) is 85.1 Å². The second-order valence-electron chi connectivity index (χ2n) is 13.8. The van der Waals surface area contributed by atoms with E-state index in [2.05, 4.69) is 38.2 Å². The summed E-state index contributed by atoms with van der Waals surface area (Å²) in [5.41, 5.74) is -0.465. The van der Waals surface area contributed by atoms with E-state index in [4.69, 9.17) is 4.74 Å². The number of esters is 1. The molecule has 43 heavy (non-hydrogen) atoms. The van der Waals surface area contributed by atoms with E-state index in [0.717, 1.165) is 19.3 Å². The summed E-state index contributed by atoms with van der Waals surface area (Å²) in [6, 6.07) is 1.99. The van der Waals surface area contributed by atoms with Crippen LogP contribution in [-0.4, -0.2) is 74.7 Å². The Kier molecular flexibility index (Phi) is 10.0. The van der Waals surface area contributed by atoms with Gasteiger partial charge in [0.05, 0.1) is 6.10 Å². The number of amides is 2. The monoisotopic (exact) mass is 617 g/mol. The van der Waals surface area contributed by atoms with Crippen LogP contribution >= 0.6 is 11.8 Å². The molecule has 1 saturated carbocycles. The van der Waals surface area contributed by atoms with Crippen molar-refractivity contribution in [3.63, 3.8) is 0 Å². The standard InChI is InChI=1S/C32H47N3O7S/c1-20(17-22-10-11-30(2,3)31(22,4)5)42-28(39)24-7-6-14-35(24)29(40)32(12-15-43-16-13-32)33-27(38)23(34-41)18-21-8-9-25(36)26(37)19-21/h8-9,19-20,22-24,36-37H,6-7,10-18H2,1-5H3,(H,33,38). The second kappa shape index (κ2) is 13.0. The third-order valence-corrected chi connectivity index (χ3v) is 11.6. The number of aromatic hydroxyl groups is 2. The van der Waals surface area contributed by atoms with E-state index in [0.29, 0.717) is 55.2 Å². The molecule has 1 aromatic rings. The summed E-state index contributed by atoms with van der Waals surface area (Å²) in [6.07, 6.45) is 4.53. The van der Waals surface area contributed by atoms with Crippen LogP contribution in [0, 0.1) is 21.7 Å². The van der Waals surface area contributed by atoms with Crippen molar-refractivity contribution >= 4 is 29.5 Å². The predicted molar refractivity (Wildman–Crippen MR) is 166 cm³/mol. The number of likely N-dealkylation sites (tertiary alicyclic amines) is 1. The van der Waals surface area contributed by atoms with E-state index >= 15 is 0 Å². The molecule has 11 heteroatoms. The first-order chi connectivity index (χ1) is 20.2. The fourth-order valence-electron chi connectivity index (χ4n) is 6.97. The molecule has 4 rings (SSSR count). The number of rotatable bonds is 10. The highest BCUT2D eigenvalue weighted by molar-refractivity contribution is 7.99.